The van der Waals surface area contributed by atoms with Crippen molar-refractivity contribution < 1.29 is 0 Å². The highest BCUT2D eigenvalue weighted by atomic mass is 31.1. The summed E-state index contributed by atoms with van der Waals surface area (Å²) in [5, 5.41) is 5.95. The fourth-order valence-electron chi connectivity index (χ4n) is 4.41. The minimum atomic E-state index is -0.363. The molecule has 0 saturated heterocycles. The largest absolute Gasteiger partial charge is 0.0622 e. The summed E-state index contributed by atoms with van der Waals surface area (Å²) in [6.45, 7) is 4.93. The molecule has 32 heavy (non-hydrogen) atoms. The van der Waals surface area contributed by atoms with Gasteiger partial charge >= 0.3 is 0 Å². The van der Waals surface area contributed by atoms with Crippen LogP contribution in [0.2, 0.25) is 0 Å². The molecule has 0 N–H and O–H groups in total. The van der Waals surface area contributed by atoms with Crippen LogP contribution in [0.4, 0.5) is 0 Å². The van der Waals surface area contributed by atoms with Crippen LogP contribution in [0, 0.1) is 0 Å². The number of hydrogen-bond donors (Lipinski definition) is 0. The molecule has 4 aromatic carbocycles. The Bertz CT molecular complexity index is 881. The molecule has 0 aliphatic heterocycles. The van der Waals surface area contributed by atoms with Crippen LogP contribution < -0.4 is 21.2 Å². The van der Waals surface area contributed by atoms with Gasteiger partial charge < -0.3 is 0 Å². The second-order valence-electron chi connectivity index (χ2n) is 8.36. The lowest BCUT2D eigenvalue weighted by Gasteiger charge is -2.30. The molecule has 2 atom stereocenters. The van der Waals surface area contributed by atoms with Crippen molar-refractivity contribution in [2.45, 2.75) is 38.0 Å². The van der Waals surface area contributed by atoms with E-state index in [1.807, 2.05) is 0 Å². The van der Waals surface area contributed by atoms with Crippen LogP contribution in [-0.2, 0) is 0 Å². The minimum Gasteiger partial charge on any atom is -0.0622 e. The zero-order chi connectivity index (χ0) is 22.2. The Kier molecular flexibility index (Phi) is 8.28. The molecule has 0 nitrogen and oxygen atoms in total. The monoisotopic (exact) mass is 454 g/mol. The van der Waals surface area contributed by atoms with Gasteiger partial charge in [-0.2, -0.15) is 0 Å². The Labute approximate surface area is 196 Å². The van der Waals surface area contributed by atoms with Gasteiger partial charge in [0.15, 0.2) is 0 Å². The molecule has 4 aromatic rings. The molecule has 0 radical (unpaired) electrons. The van der Waals surface area contributed by atoms with Crippen LogP contribution in [0.15, 0.2) is 121 Å². The molecule has 2 heteroatoms. The lowest BCUT2D eigenvalue weighted by Crippen LogP contribution is -2.23. The van der Waals surface area contributed by atoms with Gasteiger partial charge in [0.1, 0.15) is 0 Å². The molecule has 0 saturated carbocycles. The Morgan fingerprint density at radius 3 is 0.844 bits per heavy atom. The molecule has 0 fully saturated rings. The van der Waals surface area contributed by atoms with Crippen LogP contribution in [0.3, 0.4) is 0 Å². The van der Waals surface area contributed by atoms with Crippen molar-refractivity contribution in [1.29, 1.82) is 0 Å². The zero-order valence-electron chi connectivity index (χ0n) is 19.0. The summed E-state index contributed by atoms with van der Waals surface area (Å²) < 4.78 is 0. The molecule has 0 aromatic heterocycles. The highest BCUT2D eigenvalue weighted by molar-refractivity contribution is 7.74. The Hall–Kier alpha value is -2.26. The molecule has 4 rings (SSSR count). The van der Waals surface area contributed by atoms with E-state index >= 15 is 0 Å². The fourth-order valence-corrected chi connectivity index (χ4v) is 9.83. The topological polar surface area (TPSA) is 0 Å². The minimum absolute atomic E-state index is 0.363. The van der Waals surface area contributed by atoms with Crippen molar-refractivity contribution in [2.24, 2.45) is 0 Å². The van der Waals surface area contributed by atoms with Crippen molar-refractivity contribution in [3.63, 3.8) is 0 Å². The molecule has 162 valence electrons. The molecule has 0 aliphatic rings. The van der Waals surface area contributed by atoms with Crippen molar-refractivity contribution in [3.8, 4) is 0 Å². The van der Waals surface area contributed by atoms with Crippen LogP contribution in [0.1, 0.15) is 26.7 Å². The second kappa shape index (κ2) is 11.6. The van der Waals surface area contributed by atoms with Crippen LogP contribution >= 0.6 is 15.8 Å². The maximum atomic E-state index is 2.46. The smallest absolute Gasteiger partial charge is 0.0157 e. The molecule has 0 aliphatic carbocycles. The van der Waals surface area contributed by atoms with E-state index in [0.717, 1.165) is 0 Å². The molecular weight excluding hydrogens is 422 g/mol. The highest BCUT2D eigenvalue weighted by Gasteiger charge is 2.25. The van der Waals surface area contributed by atoms with Gasteiger partial charge in [0.25, 0.3) is 0 Å². The molecule has 0 unspecified atom stereocenters. The van der Waals surface area contributed by atoms with Crippen LogP contribution in [-0.4, -0.2) is 11.3 Å². The predicted octanol–water partition coefficient (Wildman–Crippen LogP) is 6.81. The first kappa shape index (κ1) is 22.9. The van der Waals surface area contributed by atoms with Gasteiger partial charge in [-0.25, -0.2) is 0 Å². The third-order valence-corrected chi connectivity index (χ3v) is 11.7. The van der Waals surface area contributed by atoms with Gasteiger partial charge in [-0.3, -0.25) is 0 Å². The second-order valence-corrected chi connectivity index (χ2v) is 13.7. The Morgan fingerprint density at radius 1 is 0.406 bits per heavy atom. The maximum absolute atomic E-state index is 2.46. The first-order chi connectivity index (χ1) is 15.7. The summed E-state index contributed by atoms with van der Waals surface area (Å²) in [7, 11) is -0.727. The van der Waals surface area contributed by atoms with Crippen molar-refractivity contribution in [2.75, 3.05) is 0 Å². The van der Waals surface area contributed by atoms with Gasteiger partial charge in [-0.1, -0.05) is 135 Å². The van der Waals surface area contributed by atoms with E-state index < -0.39 is 0 Å². The normalized spacial score (nSPS) is 13.2. The van der Waals surface area contributed by atoms with E-state index in [2.05, 4.69) is 135 Å². The first-order valence-corrected chi connectivity index (χ1v) is 14.3. The average Bonchev–Trinajstić information content (AvgIpc) is 2.86. The van der Waals surface area contributed by atoms with Crippen molar-refractivity contribution in [3.05, 3.63) is 121 Å². The highest BCUT2D eigenvalue weighted by Crippen LogP contribution is 2.45. The van der Waals surface area contributed by atoms with Gasteiger partial charge in [-0.05, 0) is 61.2 Å². The summed E-state index contributed by atoms with van der Waals surface area (Å²) >= 11 is 0. The van der Waals surface area contributed by atoms with Gasteiger partial charge in [0.05, 0.1) is 0 Å². The fraction of sp³-hybridized carbons (Fsp3) is 0.200. The standard InChI is InChI=1S/C30H32P2/c1-25(31(27-15-7-3-8-16-27)28-17-9-4-10-18-28)23-24-26(2)32(29-19-11-5-12-20-29)30-21-13-6-14-22-30/h3-22,25-26H,23-24H2,1-2H3/t25-,26+. The van der Waals surface area contributed by atoms with E-state index in [0.29, 0.717) is 11.3 Å². The summed E-state index contributed by atoms with van der Waals surface area (Å²) in [6, 6.07) is 44.6. The van der Waals surface area contributed by atoms with Crippen LogP contribution in [0.25, 0.3) is 0 Å². The van der Waals surface area contributed by atoms with E-state index in [1.165, 1.54) is 34.1 Å². The van der Waals surface area contributed by atoms with Gasteiger partial charge in [0, 0.05) is 0 Å². The number of benzene rings is 4. The SMILES string of the molecule is C[C@H](CC[C@H](C)P(c1ccccc1)c1ccccc1)P(c1ccccc1)c1ccccc1. The Balaban J connectivity index is 1.55. The molecule has 0 heterocycles. The Morgan fingerprint density at radius 2 is 0.625 bits per heavy atom. The third kappa shape index (κ3) is 5.75. The summed E-state index contributed by atoms with van der Waals surface area (Å²) in [5.74, 6) is 0. The first-order valence-electron chi connectivity index (χ1n) is 11.5. The molecule has 0 bridgehead atoms. The third-order valence-electron chi connectivity index (χ3n) is 6.02. The van der Waals surface area contributed by atoms with E-state index in [1.54, 1.807) is 0 Å². The quantitative estimate of drug-likeness (QED) is 0.244. The zero-order valence-corrected chi connectivity index (χ0v) is 20.8. The average molecular weight is 455 g/mol. The summed E-state index contributed by atoms with van der Waals surface area (Å²) in [6.07, 6.45) is 2.49. The van der Waals surface area contributed by atoms with E-state index in [-0.39, 0.29) is 15.8 Å². The van der Waals surface area contributed by atoms with E-state index in [9.17, 15) is 0 Å². The van der Waals surface area contributed by atoms with E-state index in [4.69, 9.17) is 0 Å². The molecule has 0 spiro atoms. The predicted molar refractivity (Wildman–Crippen MR) is 146 cm³/mol. The maximum Gasteiger partial charge on any atom is -0.0157 e. The van der Waals surface area contributed by atoms with Crippen molar-refractivity contribution >= 4 is 37.1 Å². The van der Waals surface area contributed by atoms with Crippen molar-refractivity contribution in [1.82, 2.24) is 0 Å². The molecular formula is C30H32P2. The molecule has 0 amide bonds. The summed E-state index contributed by atoms with van der Waals surface area (Å²) in [5.41, 5.74) is 1.28. The van der Waals surface area contributed by atoms with Gasteiger partial charge in [0.2, 0.25) is 0 Å². The summed E-state index contributed by atoms with van der Waals surface area (Å²) in [4.78, 5) is 0. The van der Waals surface area contributed by atoms with Crippen LogP contribution in [0.5, 0.6) is 0 Å². The van der Waals surface area contributed by atoms with Gasteiger partial charge in [-0.15, -0.1) is 0 Å². The number of rotatable bonds is 9. The lowest BCUT2D eigenvalue weighted by atomic mass is 10.2. The number of hydrogen-bond acceptors (Lipinski definition) is 0. The lowest BCUT2D eigenvalue weighted by molar-refractivity contribution is 0.718.